The fraction of sp³-hybridized carbons (Fsp3) is 1.00. The number of ether oxygens (including phenoxy) is 2. The van der Waals surface area contributed by atoms with Crippen LogP contribution < -0.4 is 5.48 Å². The van der Waals surface area contributed by atoms with Crippen LogP contribution in [0, 0.1) is 0 Å². The maximum Gasteiger partial charge on any atom is 0.168 e. The normalized spacial score (nSPS) is 26.4. The molecule has 0 atom stereocenters. The SMILES string of the molecule is CC(C)(C)ONC1CCC2(CC1)OCCO2. The summed E-state index contributed by atoms with van der Waals surface area (Å²) in [5.41, 5.74) is 3.03. The topological polar surface area (TPSA) is 39.7 Å². The average molecular weight is 229 g/mol. The molecule has 4 heteroatoms. The van der Waals surface area contributed by atoms with Crippen LogP contribution in [0.4, 0.5) is 0 Å². The molecular weight excluding hydrogens is 206 g/mol. The van der Waals surface area contributed by atoms with E-state index >= 15 is 0 Å². The summed E-state index contributed by atoms with van der Waals surface area (Å²) < 4.78 is 11.4. The van der Waals surface area contributed by atoms with Crippen molar-refractivity contribution in [3.8, 4) is 0 Å². The van der Waals surface area contributed by atoms with Crippen LogP contribution in [-0.4, -0.2) is 30.6 Å². The zero-order valence-electron chi connectivity index (χ0n) is 10.5. The van der Waals surface area contributed by atoms with Gasteiger partial charge in [0.1, 0.15) is 0 Å². The van der Waals surface area contributed by atoms with Crippen LogP contribution in [0.1, 0.15) is 46.5 Å². The second-order valence-electron chi connectivity index (χ2n) is 5.71. The van der Waals surface area contributed by atoms with E-state index in [-0.39, 0.29) is 11.4 Å². The quantitative estimate of drug-likeness (QED) is 0.735. The van der Waals surface area contributed by atoms with Crippen molar-refractivity contribution in [3.05, 3.63) is 0 Å². The van der Waals surface area contributed by atoms with E-state index in [0.29, 0.717) is 6.04 Å². The number of nitrogens with one attached hydrogen (secondary N) is 1. The molecule has 1 heterocycles. The Morgan fingerprint density at radius 2 is 1.69 bits per heavy atom. The molecule has 0 radical (unpaired) electrons. The van der Waals surface area contributed by atoms with Crippen molar-refractivity contribution in [1.82, 2.24) is 5.48 Å². The highest BCUT2D eigenvalue weighted by Gasteiger charge is 2.40. The summed E-state index contributed by atoms with van der Waals surface area (Å²) in [4.78, 5) is 5.59. The number of rotatable bonds is 2. The molecule has 94 valence electrons. The Kier molecular flexibility index (Phi) is 3.54. The number of hydrogen-bond donors (Lipinski definition) is 1. The lowest BCUT2D eigenvalue weighted by atomic mass is 9.90. The molecule has 1 aliphatic heterocycles. The first-order valence-electron chi connectivity index (χ1n) is 6.21. The van der Waals surface area contributed by atoms with E-state index < -0.39 is 0 Å². The minimum absolute atomic E-state index is 0.129. The first-order chi connectivity index (χ1) is 7.49. The van der Waals surface area contributed by atoms with Crippen LogP contribution in [0.2, 0.25) is 0 Å². The van der Waals surface area contributed by atoms with Gasteiger partial charge in [-0.2, -0.15) is 5.48 Å². The van der Waals surface area contributed by atoms with Gasteiger partial charge in [-0.1, -0.05) is 0 Å². The van der Waals surface area contributed by atoms with E-state index in [9.17, 15) is 0 Å². The molecule has 2 fully saturated rings. The second kappa shape index (κ2) is 4.61. The molecule has 0 aromatic rings. The molecule has 0 unspecified atom stereocenters. The van der Waals surface area contributed by atoms with Crippen molar-refractivity contribution >= 4 is 0 Å². The Morgan fingerprint density at radius 3 is 2.19 bits per heavy atom. The Hall–Kier alpha value is -0.160. The van der Waals surface area contributed by atoms with Crippen LogP contribution in [0.25, 0.3) is 0 Å². The molecule has 1 saturated heterocycles. The summed E-state index contributed by atoms with van der Waals surface area (Å²) in [6, 6.07) is 0.428. The van der Waals surface area contributed by atoms with E-state index in [1.54, 1.807) is 0 Å². The standard InChI is InChI=1S/C12H23NO3/c1-11(2,3)16-13-10-4-6-12(7-5-10)14-8-9-15-12/h10,13H,4-9H2,1-3H3. The third kappa shape index (κ3) is 3.17. The van der Waals surface area contributed by atoms with Crippen LogP contribution in [-0.2, 0) is 14.3 Å². The van der Waals surface area contributed by atoms with Gasteiger partial charge in [0.25, 0.3) is 0 Å². The molecule has 1 spiro atoms. The third-order valence-corrected chi connectivity index (χ3v) is 3.09. The molecule has 0 aromatic heterocycles. The molecular formula is C12H23NO3. The van der Waals surface area contributed by atoms with Gasteiger partial charge in [0.15, 0.2) is 5.79 Å². The van der Waals surface area contributed by atoms with Crippen molar-refractivity contribution in [3.63, 3.8) is 0 Å². The van der Waals surface area contributed by atoms with Crippen LogP contribution >= 0.6 is 0 Å². The maximum absolute atomic E-state index is 5.68. The zero-order chi connectivity index (χ0) is 11.6. The minimum Gasteiger partial charge on any atom is -0.348 e. The first kappa shape index (κ1) is 12.3. The first-order valence-corrected chi connectivity index (χ1v) is 6.21. The lowest BCUT2D eigenvalue weighted by Gasteiger charge is -2.36. The van der Waals surface area contributed by atoms with Crippen LogP contribution in [0.5, 0.6) is 0 Å². The molecule has 1 aliphatic carbocycles. The summed E-state index contributed by atoms with van der Waals surface area (Å²) in [5, 5.41) is 0. The third-order valence-electron chi connectivity index (χ3n) is 3.09. The Labute approximate surface area is 97.6 Å². The average Bonchev–Trinajstić information content (AvgIpc) is 2.65. The van der Waals surface area contributed by atoms with Crippen LogP contribution in [0.15, 0.2) is 0 Å². The van der Waals surface area contributed by atoms with Crippen molar-refractivity contribution in [2.45, 2.75) is 63.9 Å². The minimum atomic E-state index is -0.264. The molecule has 1 saturated carbocycles. The van der Waals surface area contributed by atoms with Gasteiger partial charge < -0.3 is 9.47 Å². The number of hydrogen-bond acceptors (Lipinski definition) is 4. The van der Waals surface area contributed by atoms with Gasteiger partial charge >= 0.3 is 0 Å². The molecule has 1 N–H and O–H groups in total. The molecule has 16 heavy (non-hydrogen) atoms. The van der Waals surface area contributed by atoms with Crippen molar-refractivity contribution in [2.24, 2.45) is 0 Å². The largest absolute Gasteiger partial charge is 0.348 e. The molecule has 4 nitrogen and oxygen atoms in total. The predicted octanol–water partition coefficient (Wildman–Crippen LogP) is 1.99. The van der Waals surface area contributed by atoms with E-state index in [1.807, 2.05) is 20.8 Å². The maximum atomic E-state index is 5.68. The van der Waals surface area contributed by atoms with Gasteiger partial charge in [-0.15, -0.1) is 0 Å². The fourth-order valence-corrected chi connectivity index (χ4v) is 2.22. The lowest BCUT2D eigenvalue weighted by molar-refractivity contribution is -0.188. The lowest BCUT2D eigenvalue weighted by Crippen LogP contribution is -2.44. The summed E-state index contributed by atoms with van der Waals surface area (Å²) >= 11 is 0. The van der Waals surface area contributed by atoms with Gasteiger partial charge in [0.2, 0.25) is 0 Å². The summed E-state index contributed by atoms with van der Waals surface area (Å²) in [7, 11) is 0. The van der Waals surface area contributed by atoms with E-state index in [2.05, 4.69) is 5.48 Å². The van der Waals surface area contributed by atoms with Gasteiger partial charge in [-0.05, 0) is 33.6 Å². The molecule has 0 aromatic carbocycles. The van der Waals surface area contributed by atoms with Gasteiger partial charge in [-0.3, -0.25) is 4.84 Å². The fourth-order valence-electron chi connectivity index (χ4n) is 2.22. The molecule has 0 amide bonds. The highest BCUT2D eigenvalue weighted by atomic mass is 16.7. The van der Waals surface area contributed by atoms with Crippen molar-refractivity contribution in [1.29, 1.82) is 0 Å². The Morgan fingerprint density at radius 1 is 1.12 bits per heavy atom. The summed E-state index contributed by atoms with van der Waals surface area (Å²) in [5.74, 6) is -0.264. The highest BCUT2D eigenvalue weighted by molar-refractivity contribution is 4.84. The Balaban J connectivity index is 1.73. The smallest absolute Gasteiger partial charge is 0.168 e. The van der Waals surface area contributed by atoms with Gasteiger partial charge in [0, 0.05) is 18.9 Å². The van der Waals surface area contributed by atoms with E-state index in [0.717, 1.165) is 38.9 Å². The predicted molar refractivity (Wildman–Crippen MR) is 60.9 cm³/mol. The second-order valence-corrected chi connectivity index (χ2v) is 5.71. The van der Waals surface area contributed by atoms with E-state index in [1.165, 1.54) is 0 Å². The number of hydroxylamine groups is 1. The zero-order valence-corrected chi connectivity index (χ0v) is 10.5. The summed E-state index contributed by atoms with van der Waals surface area (Å²) in [6.07, 6.45) is 4.04. The molecule has 0 bridgehead atoms. The Bertz CT molecular complexity index is 221. The highest BCUT2D eigenvalue weighted by Crippen LogP contribution is 2.35. The summed E-state index contributed by atoms with van der Waals surface area (Å²) in [6.45, 7) is 7.64. The van der Waals surface area contributed by atoms with Crippen molar-refractivity contribution in [2.75, 3.05) is 13.2 Å². The molecule has 2 aliphatic rings. The van der Waals surface area contributed by atoms with Gasteiger partial charge in [0.05, 0.1) is 18.8 Å². The van der Waals surface area contributed by atoms with E-state index in [4.69, 9.17) is 14.3 Å². The van der Waals surface area contributed by atoms with Crippen molar-refractivity contribution < 1.29 is 14.3 Å². The van der Waals surface area contributed by atoms with Crippen LogP contribution in [0.3, 0.4) is 0 Å². The monoisotopic (exact) mass is 229 g/mol. The van der Waals surface area contributed by atoms with Gasteiger partial charge in [-0.25, -0.2) is 0 Å². The molecule has 2 rings (SSSR count).